The van der Waals surface area contributed by atoms with Gasteiger partial charge in [0.05, 0.1) is 18.1 Å². The lowest BCUT2D eigenvalue weighted by Gasteiger charge is -2.07. The molecular weight excluding hydrogens is 204 g/mol. The fraction of sp³-hybridized carbons (Fsp3) is 0.300. The summed E-state index contributed by atoms with van der Waals surface area (Å²) in [6.07, 6.45) is 0. The molecule has 0 aromatic heterocycles. The first kappa shape index (κ1) is 10.9. The molecule has 4 heteroatoms. The smallest absolute Gasteiger partial charge is 0.181 e. The molecule has 0 bridgehead atoms. The minimum Gasteiger partial charge on any atom is -0.504 e. The van der Waals surface area contributed by atoms with Gasteiger partial charge in [0, 0.05) is 0 Å². The van der Waals surface area contributed by atoms with Gasteiger partial charge in [-0.3, -0.25) is 4.79 Å². The SMILES string of the molecule is CCOc1cccc(C(=O)CCl)c1O. The van der Waals surface area contributed by atoms with Gasteiger partial charge >= 0.3 is 0 Å². The van der Waals surface area contributed by atoms with Crippen LogP contribution in [0, 0.1) is 0 Å². The minimum atomic E-state index is -0.314. The Kier molecular flexibility index (Phi) is 3.77. The predicted molar refractivity (Wildman–Crippen MR) is 54.3 cm³/mol. The maximum absolute atomic E-state index is 11.2. The van der Waals surface area contributed by atoms with Crippen molar-refractivity contribution in [2.24, 2.45) is 0 Å². The fourth-order valence-electron chi connectivity index (χ4n) is 1.09. The van der Waals surface area contributed by atoms with Crippen LogP contribution < -0.4 is 4.74 Å². The molecule has 0 atom stereocenters. The molecule has 14 heavy (non-hydrogen) atoms. The van der Waals surface area contributed by atoms with Gasteiger partial charge in [-0.15, -0.1) is 11.6 Å². The third-order valence-electron chi connectivity index (χ3n) is 1.72. The Morgan fingerprint density at radius 2 is 2.29 bits per heavy atom. The van der Waals surface area contributed by atoms with E-state index in [1.807, 2.05) is 0 Å². The monoisotopic (exact) mass is 214 g/mol. The van der Waals surface area contributed by atoms with Crippen molar-refractivity contribution in [1.82, 2.24) is 0 Å². The average Bonchev–Trinajstić information content (AvgIpc) is 2.20. The van der Waals surface area contributed by atoms with E-state index in [1.165, 1.54) is 6.07 Å². The number of aromatic hydroxyl groups is 1. The number of halogens is 1. The highest BCUT2D eigenvalue weighted by molar-refractivity contribution is 6.30. The van der Waals surface area contributed by atoms with E-state index in [-0.39, 0.29) is 23.0 Å². The first-order chi connectivity index (χ1) is 6.70. The molecule has 0 saturated carbocycles. The van der Waals surface area contributed by atoms with Crippen molar-refractivity contribution >= 4 is 17.4 Å². The summed E-state index contributed by atoms with van der Waals surface area (Å²) in [7, 11) is 0. The summed E-state index contributed by atoms with van der Waals surface area (Å²) >= 11 is 5.39. The zero-order chi connectivity index (χ0) is 10.6. The molecule has 76 valence electrons. The quantitative estimate of drug-likeness (QED) is 0.618. The van der Waals surface area contributed by atoms with Gasteiger partial charge < -0.3 is 9.84 Å². The third-order valence-corrected chi connectivity index (χ3v) is 1.96. The lowest BCUT2D eigenvalue weighted by molar-refractivity contribution is 0.101. The van der Waals surface area contributed by atoms with E-state index in [0.717, 1.165) is 0 Å². The summed E-state index contributed by atoms with van der Waals surface area (Å²) < 4.78 is 5.13. The number of alkyl halides is 1. The Bertz CT molecular complexity index is 336. The lowest BCUT2D eigenvalue weighted by atomic mass is 10.1. The molecule has 0 aliphatic carbocycles. The van der Waals surface area contributed by atoms with Crippen LogP contribution in [0.15, 0.2) is 18.2 Å². The zero-order valence-electron chi connectivity index (χ0n) is 7.79. The molecule has 0 unspecified atom stereocenters. The standard InChI is InChI=1S/C10H11ClO3/c1-2-14-9-5-3-4-7(10(9)13)8(12)6-11/h3-5,13H,2,6H2,1H3. The number of para-hydroxylation sites is 1. The van der Waals surface area contributed by atoms with Crippen LogP contribution >= 0.6 is 11.6 Å². The van der Waals surface area contributed by atoms with E-state index in [1.54, 1.807) is 19.1 Å². The highest BCUT2D eigenvalue weighted by Crippen LogP contribution is 2.30. The normalized spacial score (nSPS) is 9.86. The molecule has 0 radical (unpaired) electrons. The summed E-state index contributed by atoms with van der Waals surface area (Å²) in [6, 6.07) is 4.76. The molecule has 0 heterocycles. The van der Waals surface area contributed by atoms with Crippen LogP contribution in [0.2, 0.25) is 0 Å². The molecule has 3 nitrogen and oxygen atoms in total. The zero-order valence-corrected chi connectivity index (χ0v) is 8.54. The molecule has 1 rings (SSSR count). The maximum Gasteiger partial charge on any atom is 0.181 e. The molecule has 0 aliphatic rings. The Labute approximate surface area is 87.3 Å². The predicted octanol–water partition coefficient (Wildman–Crippen LogP) is 2.21. The van der Waals surface area contributed by atoms with Gasteiger partial charge in [0.15, 0.2) is 17.3 Å². The summed E-state index contributed by atoms with van der Waals surface area (Å²) in [5.74, 6) is -0.294. The summed E-state index contributed by atoms with van der Waals surface area (Å²) in [5, 5.41) is 9.62. The van der Waals surface area contributed by atoms with Crippen molar-refractivity contribution in [1.29, 1.82) is 0 Å². The molecule has 0 spiro atoms. The van der Waals surface area contributed by atoms with E-state index in [4.69, 9.17) is 16.3 Å². The van der Waals surface area contributed by atoms with Crippen LogP contribution in [0.5, 0.6) is 11.5 Å². The lowest BCUT2D eigenvalue weighted by Crippen LogP contribution is -2.02. The summed E-state index contributed by atoms with van der Waals surface area (Å²) in [5.41, 5.74) is 0.200. The molecule has 1 N–H and O–H groups in total. The molecule has 1 aromatic rings. The number of Topliss-reactive ketones (excluding diaryl/α,β-unsaturated/α-hetero) is 1. The number of phenolic OH excluding ortho intramolecular Hbond substituents is 1. The summed E-state index contributed by atoms with van der Waals surface area (Å²) in [4.78, 5) is 11.2. The molecular formula is C10H11ClO3. The molecule has 0 aliphatic heterocycles. The highest BCUT2D eigenvalue weighted by atomic mass is 35.5. The van der Waals surface area contributed by atoms with Crippen LogP contribution in [0.1, 0.15) is 17.3 Å². The van der Waals surface area contributed by atoms with Crippen LogP contribution in [0.3, 0.4) is 0 Å². The van der Waals surface area contributed by atoms with E-state index in [9.17, 15) is 9.90 Å². The Hall–Kier alpha value is -1.22. The van der Waals surface area contributed by atoms with Crippen molar-refractivity contribution in [3.05, 3.63) is 23.8 Å². The van der Waals surface area contributed by atoms with Gasteiger partial charge in [0.25, 0.3) is 0 Å². The number of carbonyl (C=O) groups is 1. The summed E-state index contributed by atoms with van der Waals surface area (Å²) in [6.45, 7) is 2.24. The first-order valence-electron chi connectivity index (χ1n) is 4.24. The number of carbonyl (C=O) groups excluding carboxylic acids is 1. The number of hydrogen-bond donors (Lipinski definition) is 1. The first-order valence-corrected chi connectivity index (χ1v) is 4.78. The Morgan fingerprint density at radius 1 is 1.57 bits per heavy atom. The van der Waals surface area contributed by atoms with Gasteiger partial charge in [-0.1, -0.05) is 6.07 Å². The number of ether oxygens (including phenoxy) is 1. The fourth-order valence-corrected chi connectivity index (χ4v) is 1.24. The molecule has 1 aromatic carbocycles. The number of phenols is 1. The van der Waals surface area contributed by atoms with Crippen LogP contribution in [-0.4, -0.2) is 23.4 Å². The molecule has 0 saturated heterocycles. The number of ketones is 1. The van der Waals surface area contributed by atoms with Crippen LogP contribution in [-0.2, 0) is 0 Å². The second kappa shape index (κ2) is 4.86. The van der Waals surface area contributed by atoms with Crippen molar-refractivity contribution in [3.8, 4) is 11.5 Å². The van der Waals surface area contributed by atoms with E-state index in [0.29, 0.717) is 12.4 Å². The number of rotatable bonds is 4. The van der Waals surface area contributed by atoms with Gasteiger partial charge in [-0.05, 0) is 19.1 Å². The van der Waals surface area contributed by atoms with Crippen molar-refractivity contribution in [3.63, 3.8) is 0 Å². The van der Waals surface area contributed by atoms with Crippen LogP contribution in [0.25, 0.3) is 0 Å². The topological polar surface area (TPSA) is 46.5 Å². The van der Waals surface area contributed by atoms with Crippen molar-refractivity contribution < 1.29 is 14.6 Å². The van der Waals surface area contributed by atoms with Crippen molar-refractivity contribution in [2.45, 2.75) is 6.92 Å². The van der Waals surface area contributed by atoms with Crippen molar-refractivity contribution in [2.75, 3.05) is 12.5 Å². The highest BCUT2D eigenvalue weighted by Gasteiger charge is 2.13. The second-order valence-electron chi connectivity index (χ2n) is 2.64. The van der Waals surface area contributed by atoms with Gasteiger partial charge in [-0.2, -0.15) is 0 Å². The minimum absolute atomic E-state index is 0.139. The number of hydrogen-bond acceptors (Lipinski definition) is 3. The van der Waals surface area contributed by atoms with Gasteiger partial charge in [0.1, 0.15) is 0 Å². The maximum atomic E-state index is 11.2. The Balaban J connectivity index is 3.07. The largest absolute Gasteiger partial charge is 0.504 e. The third kappa shape index (κ3) is 2.17. The van der Waals surface area contributed by atoms with Crippen LogP contribution in [0.4, 0.5) is 0 Å². The molecule has 0 fully saturated rings. The van der Waals surface area contributed by atoms with Gasteiger partial charge in [0.2, 0.25) is 0 Å². The van der Waals surface area contributed by atoms with E-state index in [2.05, 4.69) is 0 Å². The molecule has 0 amide bonds. The van der Waals surface area contributed by atoms with E-state index < -0.39 is 0 Å². The van der Waals surface area contributed by atoms with E-state index >= 15 is 0 Å². The Morgan fingerprint density at radius 3 is 2.86 bits per heavy atom. The second-order valence-corrected chi connectivity index (χ2v) is 2.91. The average molecular weight is 215 g/mol. The number of benzene rings is 1. The van der Waals surface area contributed by atoms with Gasteiger partial charge in [-0.25, -0.2) is 0 Å².